The second kappa shape index (κ2) is 4.98. The molecule has 0 radical (unpaired) electrons. The molecule has 20 heavy (non-hydrogen) atoms. The number of alkyl halides is 8. The van der Waals surface area contributed by atoms with Gasteiger partial charge in [0.2, 0.25) is 0 Å². The summed E-state index contributed by atoms with van der Waals surface area (Å²) in [5, 5.41) is 8.18. The maximum atomic E-state index is 13.1. The van der Waals surface area contributed by atoms with Gasteiger partial charge in [0, 0.05) is 13.1 Å². The van der Waals surface area contributed by atoms with Crippen molar-refractivity contribution in [3.05, 3.63) is 0 Å². The molecule has 1 rings (SSSR count). The molecule has 0 unspecified atom stereocenters. The summed E-state index contributed by atoms with van der Waals surface area (Å²) < 4.78 is 104. The fraction of sp³-hybridized carbons (Fsp3) is 0.875. The second-order valence-corrected chi connectivity index (χ2v) is 3.95. The van der Waals surface area contributed by atoms with E-state index in [1.807, 2.05) is 0 Å². The standard InChI is InChI=1S/C8H7F8NO3/c9-6(10,11)3-1-17(8(15,16)5(18)19)2-4(20-3)7(12,13)14/h3-4H,1-2H2,(H,18,19)/t3-,4-/m0/s1. The molecule has 1 fully saturated rings. The van der Waals surface area contributed by atoms with Crippen LogP contribution in [-0.2, 0) is 9.53 Å². The Hall–Kier alpha value is -1.17. The number of halogens is 8. The number of carboxylic acid groups (broad SMARTS) is 1. The van der Waals surface area contributed by atoms with E-state index in [0.717, 1.165) is 0 Å². The first-order valence-electron chi connectivity index (χ1n) is 4.91. The fourth-order valence-corrected chi connectivity index (χ4v) is 1.49. The zero-order valence-corrected chi connectivity index (χ0v) is 9.30. The van der Waals surface area contributed by atoms with Gasteiger partial charge in [-0.25, -0.2) is 9.69 Å². The lowest BCUT2D eigenvalue weighted by molar-refractivity contribution is -0.324. The Morgan fingerprint density at radius 1 is 0.950 bits per heavy atom. The molecule has 0 amide bonds. The van der Waals surface area contributed by atoms with Crippen molar-refractivity contribution in [2.45, 2.75) is 30.6 Å². The largest absolute Gasteiger partial charge is 0.476 e. The van der Waals surface area contributed by atoms with Crippen molar-refractivity contribution in [1.29, 1.82) is 0 Å². The van der Waals surface area contributed by atoms with Gasteiger partial charge in [-0.3, -0.25) is 0 Å². The minimum absolute atomic E-state index is 0.713. The number of hydrogen-bond acceptors (Lipinski definition) is 3. The summed E-state index contributed by atoms with van der Waals surface area (Å²) in [7, 11) is 0. The molecule has 1 aliphatic rings. The second-order valence-electron chi connectivity index (χ2n) is 3.95. The van der Waals surface area contributed by atoms with Crippen LogP contribution in [0, 0.1) is 0 Å². The van der Waals surface area contributed by atoms with E-state index in [0.29, 0.717) is 0 Å². The highest BCUT2D eigenvalue weighted by Crippen LogP contribution is 2.36. The third kappa shape index (κ3) is 3.48. The molecule has 0 saturated carbocycles. The lowest BCUT2D eigenvalue weighted by Crippen LogP contribution is -2.63. The predicted octanol–water partition coefficient (Wildman–Crippen LogP) is 1.86. The highest BCUT2D eigenvalue weighted by atomic mass is 19.4. The van der Waals surface area contributed by atoms with Crippen LogP contribution < -0.4 is 0 Å². The average molecular weight is 317 g/mol. The van der Waals surface area contributed by atoms with E-state index < -0.39 is 54.6 Å². The molecule has 0 aromatic heterocycles. The van der Waals surface area contributed by atoms with Crippen LogP contribution in [0.4, 0.5) is 35.1 Å². The van der Waals surface area contributed by atoms with Crippen molar-refractivity contribution in [2.24, 2.45) is 0 Å². The van der Waals surface area contributed by atoms with E-state index in [1.165, 1.54) is 0 Å². The van der Waals surface area contributed by atoms with Crippen molar-refractivity contribution < 1.29 is 49.8 Å². The normalized spacial score (nSPS) is 26.6. The molecule has 2 atom stereocenters. The average Bonchev–Trinajstić information content (AvgIpc) is 2.25. The van der Waals surface area contributed by atoms with Crippen LogP contribution in [-0.4, -0.2) is 59.7 Å². The first-order chi connectivity index (χ1) is 8.76. The monoisotopic (exact) mass is 317 g/mol. The number of nitrogens with zero attached hydrogens (tertiary/aromatic N) is 1. The van der Waals surface area contributed by atoms with Gasteiger partial charge in [0.1, 0.15) is 0 Å². The maximum absolute atomic E-state index is 13.1. The smallest absolute Gasteiger partial charge is 0.415 e. The quantitative estimate of drug-likeness (QED) is 0.624. The fourth-order valence-electron chi connectivity index (χ4n) is 1.49. The van der Waals surface area contributed by atoms with Gasteiger partial charge in [0.25, 0.3) is 0 Å². The molecule has 12 heteroatoms. The van der Waals surface area contributed by atoms with Crippen LogP contribution in [0.25, 0.3) is 0 Å². The molecule has 1 heterocycles. The Kier molecular flexibility index (Phi) is 4.21. The molecular formula is C8H7F8NO3. The van der Waals surface area contributed by atoms with Crippen LogP contribution in [0.15, 0.2) is 0 Å². The summed E-state index contributed by atoms with van der Waals surface area (Å²) in [5.74, 6) is -2.85. The Morgan fingerprint density at radius 3 is 1.55 bits per heavy atom. The van der Waals surface area contributed by atoms with Crippen molar-refractivity contribution in [2.75, 3.05) is 13.1 Å². The van der Waals surface area contributed by atoms with Crippen molar-refractivity contribution in [1.82, 2.24) is 4.90 Å². The number of aliphatic carboxylic acids is 1. The molecule has 118 valence electrons. The van der Waals surface area contributed by atoms with E-state index in [2.05, 4.69) is 4.74 Å². The number of hydrogen-bond donors (Lipinski definition) is 1. The van der Waals surface area contributed by atoms with Crippen molar-refractivity contribution >= 4 is 5.97 Å². The Balaban J connectivity index is 3.06. The zero-order chi connectivity index (χ0) is 15.9. The molecule has 1 N–H and O–H groups in total. The van der Waals surface area contributed by atoms with Crippen LogP contribution in [0.3, 0.4) is 0 Å². The van der Waals surface area contributed by atoms with Gasteiger partial charge in [-0.1, -0.05) is 0 Å². The molecule has 1 aliphatic heterocycles. The predicted molar refractivity (Wildman–Crippen MR) is 44.9 cm³/mol. The highest BCUT2D eigenvalue weighted by molar-refractivity contribution is 5.74. The van der Waals surface area contributed by atoms with Crippen LogP contribution >= 0.6 is 0 Å². The molecule has 0 bridgehead atoms. The first kappa shape index (κ1) is 16.9. The minimum Gasteiger partial charge on any atom is -0.476 e. The minimum atomic E-state index is -5.34. The molecule has 1 saturated heterocycles. The Bertz CT molecular complexity index is 357. The SMILES string of the molecule is O=C(O)C(F)(F)N1C[C@@H](C(F)(F)F)O[C@H](C(F)(F)F)C1. The van der Waals surface area contributed by atoms with E-state index in [4.69, 9.17) is 5.11 Å². The van der Waals surface area contributed by atoms with Crippen LogP contribution in [0.2, 0.25) is 0 Å². The van der Waals surface area contributed by atoms with Crippen molar-refractivity contribution in [3.63, 3.8) is 0 Å². The van der Waals surface area contributed by atoms with Gasteiger partial charge in [0.05, 0.1) is 0 Å². The third-order valence-corrected chi connectivity index (χ3v) is 2.49. The zero-order valence-electron chi connectivity index (χ0n) is 9.30. The summed E-state index contributed by atoms with van der Waals surface area (Å²) in [6, 6.07) is -4.86. The highest BCUT2D eigenvalue weighted by Gasteiger charge is 2.58. The maximum Gasteiger partial charge on any atom is 0.415 e. The molecule has 0 aromatic carbocycles. The number of carbonyl (C=O) groups is 1. The summed E-state index contributed by atoms with van der Waals surface area (Å²) in [4.78, 5) is 9.52. The number of morpholine rings is 1. The topological polar surface area (TPSA) is 49.8 Å². The molecule has 4 nitrogen and oxygen atoms in total. The van der Waals surface area contributed by atoms with Gasteiger partial charge >= 0.3 is 24.4 Å². The van der Waals surface area contributed by atoms with Gasteiger partial charge < -0.3 is 9.84 Å². The van der Waals surface area contributed by atoms with E-state index >= 15 is 0 Å². The lowest BCUT2D eigenvalue weighted by atomic mass is 10.2. The number of rotatable bonds is 2. The van der Waals surface area contributed by atoms with Gasteiger partial charge in [-0.05, 0) is 0 Å². The Morgan fingerprint density at radius 2 is 1.30 bits per heavy atom. The van der Waals surface area contributed by atoms with Crippen molar-refractivity contribution in [3.8, 4) is 0 Å². The summed E-state index contributed by atoms with van der Waals surface area (Å²) in [6.45, 7) is -3.43. The number of ether oxygens (including phenoxy) is 1. The van der Waals surface area contributed by atoms with Crippen LogP contribution in [0.5, 0.6) is 0 Å². The van der Waals surface area contributed by atoms with Gasteiger partial charge in [0.15, 0.2) is 12.2 Å². The van der Waals surface area contributed by atoms with Gasteiger partial charge in [-0.2, -0.15) is 35.1 Å². The summed E-state index contributed by atoms with van der Waals surface area (Å²) >= 11 is 0. The number of carboxylic acids is 1. The summed E-state index contributed by atoms with van der Waals surface area (Å²) in [5.41, 5.74) is 0. The molecule has 0 aliphatic carbocycles. The van der Waals surface area contributed by atoms with E-state index in [1.54, 1.807) is 0 Å². The van der Waals surface area contributed by atoms with Crippen LogP contribution in [0.1, 0.15) is 0 Å². The third-order valence-electron chi connectivity index (χ3n) is 2.49. The first-order valence-corrected chi connectivity index (χ1v) is 4.91. The Labute approximate surface area is 105 Å². The summed E-state index contributed by atoms with van der Waals surface area (Å²) in [6.07, 6.45) is -17.0. The lowest BCUT2D eigenvalue weighted by Gasteiger charge is -2.40. The molecule has 0 spiro atoms. The molecule has 0 aromatic rings. The van der Waals surface area contributed by atoms with E-state index in [-0.39, 0.29) is 0 Å². The van der Waals surface area contributed by atoms with Gasteiger partial charge in [-0.15, -0.1) is 0 Å². The molecular weight excluding hydrogens is 310 g/mol. The van der Waals surface area contributed by atoms with E-state index in [9.17, 15) is 39.9 Å².